The summed E-state index contributed by atoms with van der Waals surface area (Å²) in [5, 5.41) is 22.6. The number of aromatic nitrogens is 1. The number of nitrogens with one attached hydrogen (secondary N) is 1. The smallest absolute Gasteiger partial charge is 0.291 e. The van der Waals surface area contributed by atoms with E-state index in [1.54, 1.807) is 6.92 Å². The number of anilines is 1. The molecule has 106 valence electrons. The van der Waals surface area contributed by atoms with Crippen molar-refractivity contribution in [1.82, 2.24) is 4.98 Å². The van der Waals surface area contributed by atoms with Crippen LogP contribution in [0.3, 0.4) is 0 Å². The molecule has 7 heteroatoms. The molecule has 0 saturated carbocycles. The number of aliphatic hydroxyl groups excluding tert-OH is 1. The standard InChI is InChI=1S/C12H18BrN3O3/c1-9-10(16(18)19)8-15-12(11(9)13)14-6-4-2-3-5-7-17/h8,17H,2-7H2,1H3,(H,14,15). The Labute approximate surface area is 120 Å². The van der Waals surface area contributed by atoms with Crippen LogP contribution in [-0.4, -0.2) is 28.2 Å². The van der Waals surface area contributed by atoms with Crippen LogP contribution in [0.15, 0.2) is 10.7 Å². The van der Waals surface area contributed by atoms with E-state index in [1.165, 1.54) is 6.20 Å². The first-order valence-electron chi connectivity index (χ1n) is 6.22. The van der Waals surface area contributed by atoms with Crippen molar-refractivity contribution >= 4 is 27.4 Å². The molecule has 1 heterocycles. The lowest BCUT2D eigenvalue weighted by atomic mass is 10.2. The molecule has 1 aromatic rings. The molecule has 0 aliphatic heterocycles. The van der Waals surface area contributed by atoms with Gasteiger partial charge in [0.2, 0.25) is 0 Å². The van der Waals surface area contributed by atoms with Gasteiger partial charge in [-0.1, -0.05) is 12.8 Å². The van der Waals surface area contributed by atoms with E-state index < -0.39 is 4.92 Å². The molecule has 0 atom stereocenters. The maximum absolute atomic E-state index is 10.7. The summed E-state index contributed by atoms with van der Waals surface area (Å²) in [7, 11) is 0. The van der Waals surface area contributed by atoms with Gasteiger partial charge in [0.25, 0.3) is 5.69 Å². The molecule has 0 radical (unpaired) electrons. The van der Waals surface area contributed by atoms with Gasteiger partial charge in [-0.05, 0) is 35.7 Å². The molecule has 0 spiro atoms. The third-order valence-corrected chi connectivity index (χ3v) is 3.78. The second-order valence-electron chi connectivity index (χ2n) is 4.25. The van der Waals surface area contributed by atoms with Gasteiger partial charge in [-0.25, -0.2) is 4.98 Å². The number of rotatable bonds is 8. The Balaban J connectivity index is 2.51. The first-order valence-corrected chi connectivity index (χ1v) is 7.01. The van der Waals surface area contributed by atoms with Gasteiger partial charge in [-0.2, -0.15) is 0 Å². The van der Waals surface area contributed by atoms with Crippen molar-refractivity contribution in [1.29, 1.82) is 0 Å². The van der Waals surface area contributed by atoms with Crippen LogP contribution in [0.25, 0.3) is 0 Å². The molecule has 1 rings (SSSR count). The largest absolute Gasteiger partial charge is 0.396 e. The Morgan fingerprint density at radius 3 is 2.74 bits per heavy atom. The van der Waals surface area contributed by atoms with Crippen molar-refractivity contribution in [3.63, 3.8) is 0 Å². The van der Waals surface area contributed by atoms with Gasteiger partial charge in [0.1, 0.15) is 12.0 Å². The molecule has 0 unspecified atom stereocenters. The predicted octanol–water partition coefficient (Wildman–Crippen LogP) is 3.03. The average Bonchev–Trinajstić information content (AvgIpc) is 2.38. The van der Waals surface area contributed by atoms with Crippen LogP contribution in [0.2, 0.25) is 0 Å². The fraction of sp³-hybridized carbons (Fsp3) is 0.583. The van der Waals surface area contributed by atoms with Crippen molar-refractivity contribution in [3.05, 3.63) is 26.3 Å². The van der Waals surface area contributed by atoms with Crippen LogP contribution >= 0.6 is 15.9 Å². The van der Waals surface area contributed by atoms with E-state index in [-0.39, 0.29) is 12.3 Å². The summed E-state index contributed by atoms with van der Waals surface area (Å²) in [4.78, 5) is 14.4. The molecule has 6 nitrogen and oxygen atoms in total. The zero-order valence-electron chi connectivity index (χ0n) is 10.9. The Kier molecular flexibility index (Phi) is 6.72. The highest BCUT2D eigenvalue weighted by Gasteiger charge is 2.16. The molecule has 0 aliphatic carbocycles. The van der Waals surface area contributed by atoms with Gasteiger partial charge in [-0.3, -0.25) is 10.1 Å². The highest BCUT2D eigenvalue weighted by molar-refractivity contribution is 9.10. The zero-order valence-corrected chi connectivity index (χ0v) is 12.4. The van der Waals surface area contributed by atoms with Crippen molar-refractivity contribution < 1.29 is 10.0 Å². The topological polar surface area (TPSA) is 88.3 Å². The molecule has 0 bridgehead atoms. The van der Waals surface area contributed by atoms with Gasteiger partial charge >= 0.3 is 0 Å². The number of aliphatic hydroxyl groups is 1. The maximum atomic E-state index is 10.7. The number of hydrogen-bond acceptors (Lipinski definition) is 5. The van der Waals surface area contributed by atoms with E-state index in [0.29, 0.717) is 15.9 Å². The summed E-state index contributed by atoms with van der Waals surface area (Å²) < 4.78 is 0.636. The van der Waals surface area contributed by atoms with Crippen LogP contribution in [-0.2, 0) is 0 Å². The Bertz CT molecular complexity index is 440. The van der Waals surface area contributed by atoms with Crippen molar-refractivity contribution in [2.24, 2.45) is 0 Å². The number of hydrogen-bond donors (Lipinski definition) is 2. The molecule has 0 fully saturated rings. The summed E-state index contributed by atoms with van der Waals surface area (Å²) in [6, 6.07) is 0. The molecule has 2 N–H and O–H groups in total. The summed E-state index contributed by atoms with van der Waals surface area (Å²) in [5.74, 6) is 0.630. The van der Waals surface area contributed by atoms with E-state index >= 15 is 0 Å². The van der Waals surface area contributed by atoms with Crippen LogP contribution in [0.1, 0.15) is 31.2 Å². The van der Waals surface area contributed by atoms with Crippen molar-refractivity contribution in [2.75, 3.05) is 18.5 Å². The molecule has 0 amide bonds. The van der Waals surface area contributed by atoms with E-state index in [4.69, 9.17) is 5.11 Å². The van der Waals surface area contributed by atoms with Crippen molar-refractivity contribution in [2.45, 2.75) is 32.6 Å². The molecule has 0 aromatic carbocycles. The number of nitro groups is 1. The second-order valence-corrected chi connectivity index (χ2v) is 5.05. The third-order valence-electron chi connectivity index (χ3n) is 2.81. The lowest BCUT2D eigenvalue weighted by Crippen LogP contribution is -2.06. The van der Waals surface area contributed by atoms with Crippen LogP contribution < -0.4 is 5.32 Å². The van der Waals surface area contributed by atoms with Crippen LogP contribution in [0.5, 0.6) is 0 Å². The first kappa shape index (κ1) is 15.8. The normalized spacial score (nSPS) is 10.5. The zero-order chi connectivity index (χ0) is 14.3. The Morgan fingerprint density at radius 2 is 2.11 bits per heavy atom. The second kappa shape index (κ2) is 8.06. The SMILES string of the molecule is Cc1c([N+](=O)[O-])cnc(NCCCCCCO)c1Br. The van der Waals surface area contributed by atoms with E-state index in [0.717, 1.165) is 32.2 Å². The predicted molar refractivity (Wildman–Crippen MR) is 77.4 cm³/mol. The Morgan fingerprint density at radius 1 is 1.42 bits per heavy atom. The molecule has 0 saturated heterocycles. The van der Waals surface area contributed by atoms with Gasteiger partial charge in [-0.15, -0.1) is 0 Å². The fourth-order valence-electron chi connectivity index (χ4n) is 1.67. The van der Waals surface area contributed by atoms with Crippen LogP contribution in [0, 0.1) is 17.0 Å². The lowest BCUT2D eigenvalue weighted by molar-refractivity contribution is -0.385. The summed E-state index contributed by atoms with van der Waals surface area (Å²) >= 11 is 3.33. The average molecular weight is 332 g/mol. The number of halogens is 1. The van der Waals surface area contributed by atoms with E-state index in [2.05, 4.69) is 26.2 Å². The number of unbranched alkanes of at least 4 members (excludes halogenated alkanes) is 3. The van der Waals surface area contributed by atoms with E-state index in [1.807, 2.05) is 0 Å². The minimum atomic E-state index is -0.439. The number of nitrogens with zero attached hydrogens (tertiary/aromatic N) is 2. The van der Waals surface area contributed by atoms with E-state index in [9.17, 15) is 10.1 Å². The molecular formula is C12H18BrN3O3. The minimum Gasteiger partial charge on any atom is -0.396 e. The fourth-order valence-corrected chi connectivity index (χ4v) is 2.12. The summed E-state index contributed by atoms with van der Waals surface area (Å²) in [6.45, 7) is 2.69. The van der Waals surface area contributed by atoms with Gasteiger partial charge < -0.3 is 10.4 Å². The number of pyridine rings is 1. The lowest BCUT2D eigenvalue weighted by Gasteiger charge is -2.09. The maximum Gasteiger partial charge on any atom is 0.291 e. The molecule has 1 aromatic heterocycles. The van der Waals surface area contributed by atoms with Gasteiger partial charge in [0, 0.05) is 18.7 Å². The summed E-state index contributed by atoms with van der Waals surface area (Å²) in [5.41, 5.74) is 0.586. The minimum absolute atomic E-state index is 0.0142. The first-order chi connectivity index (χ1) is 9.07. The summed E-state index contributed by atoms with van der Waals surface area (Å²) in [6.07, 6.45) is 5.13. The highest BCUT2D eigenvalue weighted by atomic mass is 79.9. The highest BCUT2D eigenvalue weighted by Crippen LogP contribution is 2.30. The molecule has 19 heavy (non-hydrogen) atoms. The van der Waals surface area contributed by atoms with Crippen LogP contribution in [0.4, 0.5) is 11.5 Å². The quantitative estimate of drug-likeness (QED) is 0.434. The molecule has 0 aliphatic rings. The molecular weight excluding hydrogens is 314 g/mol. The van der Waals surface area contributed by atoms with Gasteiger partial charge in [0.15, 0.2) is 0 Å². The van der Waals surface area contributed by atoms with Gasteiger partial charge in [0.05, 0.1) is 9.40 Å². The monoisotopic (exact) mass is 331 g/mol. The van der Waals surface area contributed by atoms with Crippen molar-refractivity contribution in [3.8, 4) is 0 Å². The third kappa shape index (κ3) is 4.76. The Hall–Kier alpha value is -1.21.